The molecule has 0 aliphatic carbocycles. The Kier molecular flexibility index (Phi) is 11.2. The van der Waals surface area contributed by atoms with Crippen LogP contribution in [0.3, 0.4) is 0 Å². The van der Waals surface area contributed by atoms with E-state index in [9.17, 15) is 19.2 Å². The molecular weight excluding hydrogens is 528 g/mol. The van der Waals surface area contributed by atoms with Gasteiger partial charge in [-0.3, -0.25) is 19.4 Å². The second-order valence-electron chi connectivity index (χ2n) is 10.3. The Hall–Kier alpha value is -4.51. The zero-order valence-electron chi connectivity index (χ0n) is 23.6. The number of nitrogens with one attached hydrogen (secondary N) is 3. The minimum absolute atomic E-state index is 0.00180. The minimum Gasteiger partial charge on any atom is -0.461 e. The highest BCUT2D eigenvalue weighted by atomic mass is 16.6. The van der Waals surface area contributed by atoms with Gasteiger partial charge in [0.2, 0.25) is 11.8 Å². The second-order valence-corrected chi connectivity index (χ2v) is 10.3. The van der Waals surface area contributed by atoms with Gasteiger partial charge in [-0.25, -0.2) is 4.79 Å². The average molecular weight is 565 g/mol. The zero-order chi connectivity index (χ0) is 29.8. The lowest BCUT2D eigenvalue weighted by atomic mass is 10.1. The first-order valence-corrected chi connectivity index (χ1v) is 13.1. The molecule has 3 rings (SSSR count). The number of alkyl carbamates (subject to hydrolysis) is 1. The Morgan fingerprint density at radius 1 is 0.878 bits per heavy atom. The number of esters is 1. The smallest absolute Gasteiger partial charge is 0.408 e. The Morgan fingerprint density at radius 2 is 1.61 bits per heavy atom. The van der Waals surface area contributed by atoms with Gasteiger partial charge in [-0.1, -0.05) is 54.6 Å². The van der Waals surface area contributed by atoms with Crippen molar-refractivity contribution in [2.75, 3.05) is 13.7 Å². The standard InChI is InChI=1S/C30H36N4O7/c1-30(2,3)41-29(38)34-23(16-25(35)40-18-20-10-6-5-7-11-20)28(37)33-24(19-39-4)27(36)32-17-22-13-8-12-21-14-9-15-31-26(21)22/h5-15,23-24H,16-19H2,1-4H3,(H,32,36)(H,33,37)(H,34,38)/t23-,24-/m0/s1. The van der Waals surface area contributed by atoms with Crippen molar-refractivity contribution < 1.29 is 33.4 Å². The lowest BCUT2D eigenvalue weighted by Crippen LogP contribution is -2.56. The SMILES string of the molecule is COC[C@H](NC(=O)[C@H](CC(=O)OCc1ccccc1)NC(=O)OC(C)(C)C)C(=O)NCc1cccc2cccnc12. The number of rotatable bonds is 12. The third-order valence-electron chi connectivity index (χ3n) is 5.76. The molecule has 41 heavy (non-hydrogen) atoms. The Labute approximate surface area is 239 Å². The molecule has 0 saturated heterocycles. The summed E-state index contributed by atoms with van der Waals surface area (Å²) in [6.45, 7) is 5.01. The number of nitrogens with zero attached hydrogens (tertiary/aromatic N) is 1. The van der Waals surface area contributed by atoms with Crippen LogP contribution in [-0.2, 0) is 41.7 Å². The number of para-hydroxylation sites is 1. The van der Waals surface area contributed by atoms with Crippen LogP contribution in [0.5, 0.6) is 0 Å². The summed E-state index contributed by atoms with van der Waals surface area (Å²) in [6, 6.07) is 15.9. The van der Waals surface area contributed by atoms with Gasteiger partial charge in [-0.15, -0.1) is 0 Å². The van der Waals surface area contributed by atoms with Crippen LogP contribution in [0, 0.1) is 0 Å². The maximum absolute atomic E-state index is 13.3. The van der Waals surface area contributed by atoms with E-state index >= 15 is 0 Å². The van der Waals surface area contributed by atoms with Crippen LogP contribution in [0.1, 0.15) is 38.3 Å². The van der Waals surface area contributed by atoms with Crippen LogP contribution in [0.2, 0.25) is 0 Å². The van der Waals surface area contributed by atoms with Crippen LogP contribution in [0.25, 0.3) is 10.9 Å². The van der Waals surface area contributed by atoms with Gasteiger partial charge in [0, 0.05) is 25.2 Å². The number of benzene rings is 2. The van der Waals surface area contributed by atoms with E-state index < -0.39 is 48.0 Å². The summed E-state index contributed by atoms with van der Waals surface area (Å²) >= 11 is 0. The molecule has 11 heteroatoms. The summed E-state index contributed by atoms with van der Waals surface area (Å²) in [4.78, 5) is 55.8. The highest BCUT2D eigenvalue weighted by Gasteiger charge is 2.30. The second kappa shape index (κ2) is 14.8. The molecule has 0 bridgehead atoms. The molecule has 11 nitrogen and oxygen atoms in total. The Bertz CT molecular complexity index is 1340. The fraction of sp³-hybridized carbons (Fsp3) is 0.367. The lowest BCUT2D eigenvalue weighted by Gasteiger charge is -2.24. The summed E-state index contributed by atoms with van der Waals surface area (Å²) in [5, 5.41) is 8.70. The van der Waals surface area contributed by atoms with Crippen molar-refractivity contribution in [3.8, 4) is 0 Å². The molecule has 3 aromatic rings. The number of aromatic nitrogens is 1. The maximum Gasteiger partial charge on any atom is 0.408 e. The van der Waals surface area contributed by atoms with Gasteiger partial charge in [0.25, 0.3) is 0 Å². The molecule has 0 aliphatic rings. The average Bonchev–Trinajstić information content (AvgIpc) is 2.93. The minimum atomic E-state index is -1.37. The molecular formula is C30H36N4O7. The largest absolute Gasteiger partial charge is 0.461 e. The van der Waals surface area contributed by atoms with E-state index in [1.54, 1.807) is 51.2 Å². The van der Waals surface area contributed by atoms with Gasteiger partial charge >= 0.3 is 12.1 Å². The predicted octanol–water partition coefficient (Wildman–Crippen LogP) is 3.01. The quantitative estimate of drug-likeness (QED) is 0.285. The highest BCUT2D eigenvalue weighted by molar-refractivity contribution is 5.93. The number of hydrogen-bond acceptors (Lipinski definition) is 8. The van der Waals surface area contributed by atoms with Gasteiger partial charge in [0.05, 0.1) is 18.5 Å². The number of amides is 3. The fourth-order valence-corrected chi connectivity index (χ4v) is 3.86. The number of pyridine rings is 1. The molecule has 0 fully saturated rings. The molecule has 1 aromatic heterocycles. The number of methoxy groups -OCH3 is 1. The third-order valence-corrected chi connectivity index (χ3v) is 5.76. The first kappa shape index (κ1) is 31.0. The molecule has 3 N–H and O–H groups in total. The number of hydrogen-bond donors (Lipinski definition) is 3. The molecule has 0 radical (unpaired) electrons. The van der Waals surface area contributed by atoms with E-state index in [1.165, 1.54) is 7.11 Å². The van der Waals surface area contributed by atoms with Crippen LogP contribution < -0.4 is 16.0 Å². The maximum atomic E-state index is 13.3. The third kappa shape index (κ3) is 10.2. The first-order chi connectivity index (χ1) is 19.6. The molecule has 0 unspecified atom stereocenters. The Morgan fingerprint density at radius 3 is 2.32 bits per heavy atom. The van der Waals surface area contributed by atoms with E-state index in [-0.39, 0.29) is 19.8 Å². The molecule has 0 saturated carbocycles. The zero-order valence-corrected chi connectivity index (χ0v) is 23.6. The number of ether oxygens (including phenoxy) is 3. The van der Waals surface area contributed by atoms with Crippen molar-refractivity contribution in [1.29, 1.82) is 0 Å². The van der Waals surface area contributed by atoms with Crippen molar-refractivity contribution in [1.82, 2.24) is 20.9 Å². The molecule has 2 aromatic carbocycles. The monoisotopic (exact) mass is 564 g/mol. The molecule has 0 aliphatic heterocycles. The van der Waals surface area contributed by atoms with E-state index in [1.807, 2.05) is 36.4 Å². The topological polar surface area (TPSA) is 145 Å². The van der Waals surface area contributed by atoms with Gasteiger partial charge in [0.1, 0.15) is 24.3 Å². The fourth-order valence-electron chi connectivity index (χ4n) is 3.86. The molecule has 1 heterocycles. The van der Waals surface area contributed by atoms with Crippen LogP contribution in [-0.4, -0.2) is 60.3 Å². The van der Waals surface area contributed by atoms with Gasteiger partial charge < -0.3 is 30.2 Å². The van der Waals surface area contributed by atoms with E-state index in [0.29, 0.717) is 0 Å². The molecule has 0 spiro atoms. The van der Waals surface area contributed by atoms with Crippen LogP contribution >= 0.6 is 0 Å². The summed E-state index contributed by atoms with van der Waals surface area (Å²) in [7, 11) is 1.39. The van der Waals surface area contributed by atoms with Gasteiger partial charge in [0.15, 0.2) is 0 Å². The normalized spacial score (nSPS) is 12.6. The van der Waals surface area contributed by atoms with Gasteiger partial charge in [-0.2, -0.15) is 0 Å². The van der Waals surface area contributed by atoms with E-state index in [4.69, 9.17) is 14.2 Å². The number of fused-ring (bicyclic) bond motifs is 1. The van der Waals surface area contributed by atoms with Gasteiger partial charge in [-0.05, 0) is 38.0 Å². The van der Waals surface area contributed by atoms with E-state index in [2.05, 4.69) is 20.9 Å². The van der Waals surface area contributed by atoms with Crippen molar-refractivity contribution in [2.45, 2.75) is 58.0 Å². The predicted molar refractivity (Wildman–Crippen MR) is 151 cm³/mol. The van der Waals surface area contributed by atoms with Crippen molar-refractivity contribution in [3.05, 3.63) is 78.0 Å². The summed E-state index contributed by atoms with van der Waals surface area (Å²) < 4.78 is 15.7. The molecule has 3 amide bonds. The molecule has 218 valence electrons. The van der Waals surface area contributed by atoms with E-state index in [0.717, 1.165) is 22.0 Å². The van der Waals surface area contributed by atoms with Crippen LogP contribution in [0.4, 0.5) is 4.79 Å². The summed E-state index contributed by atoms with van der Waals surface area (Å²) in [6.07, 6.45) is 0.287. The first-order valence-electron chi connectivity index (χ1n) is 13.1. The number of carbonyl (C=O) groups is 4. The Balaban J connectivity index is 1.67. The van der Waals surface area contributed by atoms with Crippen LogP contribution in [0.15, 0.2) is 66.9 Å². The lowest BCUT2D eigenvalue weighted by molar-refractivity contribution is -0.147. The summed E-state index contributed by atoms with van der Waals surface area (Å²) in [5.74, 6) is -2.02. The van der Waals surface area contributed by atoms with Crippen molar-refractivity contribution in [3.63, 3.8) is 0 Å². The summed E-state index contributed by atoms with van der Waals surface area (Å²) in [5.41, 5.74) is 1.47. The highest BCUT2D eigenvalue weighted by Crippen LogP contribution is 2.15. The van der Waals surface area contributed by atoms with Crippen molar-refractivity contribution in [2.24, 2.45) is 0 Å². The molecule has 2 atom stereocenters. The number of carbonyl (C=O) groups excluding carboxylic acids is 4. The van der Waals surface area contributed by atoms with Crippen molar-refractivity contribution >= 4 is 34.8 Å².